The Morgan fingerprint density at radius 3 is 2.93 bits per heavy atom. The standard InChI is InChI=1S/C9H15N5O/c1-9(2)4-3-5-14(6-9)8(15)7-10-12-13-11-7/h3-6H2,1-2H3,(H,10,11,12,13). The monoisotopic (exact) mass is 209 g/mol. The Hall–Kier alpha value is -1.46. The Morgan fingerprint density at radius 1 is 1.53 bits per heavy atom. The molecule has 1 aromatic heterocycles. The molecule has 1 amide bonds. The van der Waals surface area contributed by atoms with E-state index in [0.29, 0.717) is 0 Å². The van der Waals surface area contributed by atoms with Gasteiger partial charge in [-0.3, -0.25) is 4.79 Å². The minimum Gasteiger partial charge on any atom is -0.335 e. The van der Waals surface area contributed by atoms with E-state index in [1.807, 2.05) is 0 Å². The van der Waals surface area contributed by atoms with Crippen molar-refractivity contribution < 1.29 is 4.79 Å². The van der Waals surface area contributed by atoms with Gasteiger partial charge in [-0.05, 0) is 23.5 Å². The van der Waals surface area contributed by atoms with Crippen LogP contribution in [0, 0.1) is 5.41 Å². The van der Waals surface area contributed by atoms with Crippen molar-refractivity contribution in [1.82, 2.24) is 25.5 Å². The SMILES string of the molecule is CC1(C)CCCN(C(=O)c2nn[nH]n2)C1. The first-order valence-electron chi connectivity index (χ1n) is 5.11. The number of rotatable bonds is 1. The summed E-state index contributed by atoms with van der Waals surface area (Å²) in [6.07, 6.45) is 2.19. The summed E-state index contributed by atoms with van der Waals surface area (Å²) in [5.41, 5.74) is 0.192. The van der Waals surface area contributed by atoms with Gasteiger partial charge in [-0.25, -0.2) is 0 Å². The van der Waals surface area contributed by atoms with Crippen LogP contribution >= 0.6 is 0 Å². The third-order valence-electron chi connectivity index (χ3n) is 2.72. The molecule has 1 N–H and O–H groups in total. The smallest absolute Gasteiger partial charge is 0.295 e. The molecule has 0 radical (unpaired) electrons. The molecule has 2 rings (SSSR count). The fraction of sp³-hybridized carbons (Fsp3) is 0.778. The Bertz CT molecular complexity index is 345. The van der Waals surface area contributed by atoms with E-state index in [0.717, 1.165) is 25.9 Å². The highest BCUT2D eigenvalue weighted by atomic mass is 16.2. The van der Waals surface area contributed by atoms with Gasteiger partial charge in [-0.2, -0.15) is 5.21 Å². The molecular weight excluding hydrogens is 194 g/mol. The minimum absolute atomic E-state index is 0.128. The second-order valence-electron chi connectivity index (χ2n) is 4.73. The summed E-state index contributed by atoms with van der Waals surface area (Å²) in [6, 6.07) is 0. The third-order valence-corrected chi connectivity index (χ3v) is 2.72. The van der Waals surface area contributed by atoms with Gasteiger partial charge in [0, 0.05) is 13.1 Å². The van der Waals surface area contributed by atoms with Crippen LogP contribution in [0.1, 0.15) is 37.3 Å². The van der Waals surface area contributed by atoms with Crippen molar-refractivity contribution in [2.24, 2.45) is 5.41 Å². The van der Waals surface area contributed by atoms with Gasteiger partial charge in [0.2, 0.25) is 0 Å². The Morgan fingerprint density at radius 2 is 2.33 bits per heavy atom. The maximum absolute atomic E-state index is 11.9. The molecule has 0 saturated carbocycles. The molecule has 0 spiro atoms. The van der Waals surface area contributed by atoms with Crippen LogP contribution in [-0.2, 0) is 0 Å². The zero-order valence-electron chi connectivity index (χ0n) is 9.03. The molecule has 0 atom stereocenters. The first-order valence-corrected chi connectivity index (χ1v) is 5.11. The van der Waals surface area contributed by atoms with Crippen LogP contribution in [0.5, 0.6) is 0 Å². The van der Waals surface area contributed by atoms with Gasteiger partial charge >= 0.3 is 0 Å². The van der Waals surface area contributed by atoms with Crippen LogP contribution in [0.4, 0.5) is 0 Å². The molecule has 0 aromatic carbocycles. The van der Waals surface area contributed by atoms with Gasteiger partial charge in [-0.15, -0.1) is 10.2 Å². The topological polar surface area (TPSA) is 74.8 Å². The van der Waals surface area contributed by atoms with E-state index < -0.39 is 0 Å². The number of piperidine rings is 1. The summed E-state index contributed by atoms with van der Waals surface area (Å²) in [4.78, 5) is 13.7. The van der Waals surface area contributed by atoms with Crippen molar-refractivity contribution >= 4 is 5.91 Å². The van der Waals surface area contributed by atoms with Crippen molar-refractivity contribution in [2.75, 3.05) is 13.1 Å². The minimum atomic E-state index is -0.128. The molecule has 2 heterocycles. The number of aromatic amines is 1. The van der Waals surface area contributed by atoms with Crippen LogP contribution in [0.25, 0.3) is 0 Å². The first-order chi connectivity index (χ1) is 7.08. The average molecular weight is 209 g/mol. The molecule has 1 aromatic rings. The van der Waals surface area contributed by atoms with Crippen molar-refractivity contribution in [1.29, 1.82) is 0 Å². The molecule has 0 bridgehead atoms. The zero-order chi connectivity index (χ0) is 10.9. The van der Waals surface area contributed by atoms with E-state index in [1.54, 1.807) is 4.90 Å². The number of nitrogens with zero attached hydrogens (tertiary/aromatic N) is 4. The molecule has 1 aliphatic rings. The lowest BCUT2D eigenvalue weighted by molar-refractivity contribution is 0.0571. The van der Waals surface area contributed by atoms with Gasteiger partial charge in [0.1, 0.15) is 0 Å². The van der Waals surface area contributed by atoms with Gasteiger partial charge in [0.15, 0.2) is 0 Å². The largest absolute Gasteiger partial charge is 0.335 e. The fourth-order valence-corrected chi connectivity index (χ4v) is 1.99. The Labute approximate surface area is 88.0 Å². The lowest BCUT2D eigenvalue weighted by Crippen LogP contribution is -2.43. The highest BCUT2D eigenvalue weighted by molar-refractivity contribution is 5.90. The summed E-state index contributed by atoms with van der Waals surface area (Å²) in [6.45, 7) is 5.89. The number of amides is 1. The van der Waals surface area contributed by atoms with Crippen molar-refractivity contribution in [2.45, 2.75) is 26.7 Å². The van der Waals surface area contributed by atoms with Crippen molar-refractivity contribution in [3.05, 3.63) is 5.82 Å². The summed E-state index contributed by atoms with van der Waals surface area (Å²) in [5.74, 6) is 0.0317. The second-order valence-corrected chi connectivity index (χ2v) is 4.73. The number of carbonyl (C=O) groups is 1. The van der Waals surface area contributed by atoms with Crippen molar-refractivity contribution in [3.63, 3.8) is 0 Å². The number of tetrazole rings is 1. The third kappa shape index (κ3) is 2.14. The van der Waals surface area contributed by atoms with E-state index in [4.69, 9.17) is 0 Å². The van der Waals surface area contributed by atoms with Crippen LogP contribution in [0.2, 0.25) is 0 Å². The molecule has 15 heavy (non-hydrogen) atoms. The lowest BCUT2D eigenvalue weighted by Gasteiger charge is -2.37. The fourth-order valence-electron chi connectivity index (χ4n) is 1.99. The Kier molecular flexibility index (Phi) is 2.42. The van der Waals surface area contributed by atoms with Gasteiger partial charge in [0.25, 0.3) is 11.7 Å². The van der Waals surface area contributed by atoms with E-state index in [1.165, 1.54) is 0 Å². The molecule has 82 valence electrons. The quantitative estimate of drug-likeness (QED) is 0.729. The number of carbonyl (C=O) groups excluding carboxylic acids is 1. The molecule has 1 aliphatic heterocycles. The number of hydrogen-bond donors (Lipinski definition) is 1. The molecule has 6 nitrogen and oxygen atoms in total. The molecule has 0 unspecified atom stereocenters. The van der Waals surface area contributed by atoms with Crippen molar-refractivity contribution in [3.8, 4) is 0 Å². The van der Waals surface area contributed by atoms with Gasteiger partial charge < -0.3 is 4.90 Å². The Balaban J connectivity index is 2.08. The molecule has 1 fully saturated rings. The number of hydrogen-bond acceptors (Lipinski definition) is 4. The predicted molar refractivity (Wildman–Crippen MR) is 53.1 cm³/mol. The normalized spacial score (nSPS) is 20.3. The molecule has 0 aliphatic carbocycles. The zero-order valence-corrected chi connectivity index (χ0v) is 9.03. The van der Waals surface area contributed by atoms with Crippen LogP contribution in [0.15, 0.2) is 0 Å². The summed E-state index contributed by atoms with van der Waals surface area (Å²) >= 11 is 0. The van der Waals surface area contributed by atoms with Crippen LogP contribution < -0.4 is 0 Å². The highest BCUT2D eigenvalue weighted by Crippen LogP contribution is 2.28. The van der Waals surface area contributed by atoms with Gasteiger partial charge in [-0.1, -0.05) is 13.8 Å². The van der Waals surface area contributed by atoms with E-state index in [2.05, 4.69) is 34.5 Å². The number of nitrogens with one attached hydrogen (secondary N) is 1. The summed E-state index contributed by atoms with van der Waals surface area (Å²) in [7, 11) is 0. The molecule has 6 heteroatoms. The maximum Gasteiger partial charge on any atom is 0.295 e. The van der Waals surface area contributed by atoms with Crippen LogP contribution in [0.3, 0.4) is 0 Å². The highest BCUT2D eigenvalue weighted by Gasteiger charge is 2.30. The lowest BCUT2D eigenvalue weighted by atomic mass is 9.84. The number of likely N-dealkylation sites (tertiary alicyclic amines) is 1. The van der Waals surface area contributed by atoms with Crippen LogP contribution in [-0.4, -0.2) is 44.5 Å². The maximum atomic E-state index is 11.9. The van der Waals surface area contributed by atoms with Gasteiger partial charge in [0.05, 0.1) is 0 Å². The predicted octanol–water partition coefficient (Wildman–Crippen LogP) is 0.462. The van der Waals surface area contributed by atoms with E-state index >= 15 is 0 Å². The summed E-state index contributed by atoms with van der Waals surface area (Å²) in [5, 5.41) is 13.1. The summed E-state index contributed by atoms with van der Waals surface area (Å²) < 4.78 is 0. The average Bonchev–Trinajstić information content (AvgIpc) is 2.67. The molecular formula is C9H15N5O. The first kappa shape index (κ1) is 10.1. The number of aromatic nitrogens is 4. The second kappa shape index (κ2) is 3.60. The molecule has 1 saturated heterocycles. The van der Waals surface area contributed by atoms with E-state index in [-0.39, 0.29) is 17.1 Å². The van der Waals surface area contributed by atoms with E-state index in [9.17, 15) is 4.79 Å². The number of H-pyrrole nitrogens is 1.